The van der Waals surface area contributed by atoms with Gasteiger partial charge in [-0.25, -0.2) is 0 Å². The van der Waals surface area contributed by atoms with E-state index in [4.69, 9.17) is 23.2 Å². The lowest BCUT2D eigenvalue weighted by Crippen LogP contribution is -2.27. The summed E-state index contributed by atoms with van der Waals surface area (Å²) in [6, 6.07) is 22.9. The molecule has 0 aliphatic heterocycles. The summed E-state index contributed by atoms with van der Waals surface area (Å²) in [7, 11) is 0. The van der Waals surface area contributed by atoms with Gasteiger partial charge in [0.05, 0.1) is 5.38 Å². The van der Waals surface area contributed by atoms with Crippen LogP contribution in [0.15, 0.2) is 66.7 Å². The molecule has 4 rings (SSSR count). The molecule has 2 atom stereocenters. The lowest BCUT2D eigenvalue weighted by molar-refractivity contribution is 0.727. The smallest absolute Gasteiger partial charge is 0.112 e. The molecule has 0 nitrogen and oxygen atoms in total. The normalized spacial score (nSPS) is 24.2. The van der Waals surface area contributed by atoms with E-state index in [1.54, 1.807) is 0 Å². The molecule has 1 aliphatic rings. The molecule has 3 aromatic carbocycles. The number of hydrogen-bond donors (Lipinski definition) is 0. The van der Waals surface area contributed by atoms with Crippen molar-refractivity contribution in [3.63, 3.8) is 0 Å². The van der Waals surface area contributed by atoms with Crippen molar-refractivity contribution in [1.82, 2.24) is 0 Å². The minimum atomic E-state index is -0.654. The predicted molar refractivity (Wildman–Crippen MR) is 90.4 cm³/mol. The predicted octanol–water partition coefficient (Wildman–Crippen LogP) is 5.49. The molecular weight excluding hydrogens is 299 g/mol. The van der Waals surface area contributed by atoms with Crippen molar-refractivity contribution in [3.8, 4) is 0 Å². The molecule has 0 aromatic heterocycles. The molecule has 0 amide bonds. The lowest BCUT2D eigenvalue weighted by Gasteiger charge is -2.28. The third-order valence-electron chi connectivity index (χ3n) is 4.42. The first-order chi connectivity index (χ1) is 10.2. The van der Waals surface area contributed by atoms with Crippen LogP contribution < -0.4 is 0 Å². The van der Waals surface area contributed by atoms with Crippen LogP contribution in [-0.2, 0) is 11.3 Å². The van der Waals surface area contributed by atoms with E-state index in [2.05, 4.69) is 48.5 Å². The summed E-state index contributed by atoms with van der Waals surface area (Å²) in [6.45, 7) is 0. The molecule has 0 saturated carbocycles. The second-order valence-electron chi connectivity index (χ2n) is 5.57. The molecule has 3 aromatic rings. The average molecular weight is 313 g/mol. The lowest BCUT2D eigenvalue weighted by atomic mass is 9.88. The second kappa shape index (κ2) is 4.76. The zero-order valence-corrected chi connectivity index (χ0v) is 12.9. The highest BCUT2D eigenvalue weighted by Crippen LogP contribution is 2.51. The van der Waals surface area contributed by atoms with Crippen molar-refractivity contribution in [3.05, 3.63) is 83.4 Å². The molecule has 0 unspecified atom stereocenters. The van der Waals surface area contributed by atoms with Gasteiger partial charge in [0.25, 0.3) is 0 Å². The van der Waals surface area contributed by atoms with Crippen molar-refractivity contribution < 1.29 is 0 Å². The third kappa shape index (κ3) is 1.83. The Balaban J connectivity index is 2.04. The highest BCUT2D eigenvalue weighted by Gasteiger charge is 2.46. The first kappa shape index (κ1) is 13.2. The molecule has 1 aliphatic carbocycles. The van der Waals surface area contributed by atoms with E-state index in [9.17, 15) is 0 Å². The van der Waals surface area contributed by atoms with Crippen LogP contribution in [0.25, 0.3) is 10.8 Å². The quantitative estimate of drug-likeness (QED) is 0.521. The van der Waals surface area contributed by atoms with Gasteiger partial charge in [-0.05, 0) is 33.9 Å². The molecule has 2 heteroatoms. The van der Waals surface area contributed by atoms with E-state index in [0.29, 0.717) is 0 Å². The van der Waals surface area contributed by atoms with E-state index in [-0.39, 0.29) is 5.38 Å². The van der Waals surface area contributed by atoms with Gasteiger partial charge in [0.2, 0.25) is 0 Å². The van der Waals surface area contributed by atoms with Crippen molar-refractivity contribution in [2.75, 3.05) is 0 Å². The van der Waals surface area contributed by atoms with Crippen molar-refractivity contribution in [1.29, 1.82) is 0 Å². The maximum atomic E-state index is 7.12. The van der Waals surface area contributed by atoms with E-state index in [0.717, 1.165) is 17.5 Å². The van der Waals surface area contributed by atoms with Gasteiger partial charge >= 0.3 is 0 Å². The van der Waals surface area contributed by atoms with Crippen LogP contribution in [0.4, 0.5) is 0 Å². The summed E-state index contributed by atoms with van der Waals surface area (Å²) in [4.78, 5) is -0.654. The first-order valence-corrected chi connectivity index (χ1v) is 7.92. The number of alkyl halides is 2. The summed E-state index contributed by atoms with van der Waals surface area (Å²) in [5.74, 6) is 0. The van der Waals surface area contributed by atoms with E-state index in [1.165, 1.54) is 16.3 Å². The fourth-order valence-corrected chi connectivity index (χ4v) is 4.24. The van der Waals surface area contributed by atoms with Gasteiger partial charge in [0.15, 0.2) is 0 Å². The summed E-state index contributed by atoms with van der Waals surface area (Å²) >= 11 is 13.8. The van der Waals surface area contributed by atoms with Gasteiger partial charge < -0.3 is 0 Å². The third-order valence-corrected chi connectivity index (χ3v) is 5.69. The van der Waals surface area contributed by atoms with Gasteiger partial charge in [-0.3, -0.25) is 0 Å². The van der Waals surface area contributed by atoms with Crippen LogP contribution in [0.5, 0.6) is 0 Å². The maximum Gasteiger partial charge on any atom is 0.112 e. The average Bonchev–Trinajstić information content (AvgIpc) is 2.79. The molecule has 104 valence electrons. The number of benzene rings is 3. The van der Waals surface area contributed by atoms with E-state index >= 15 is 0 Å². The van der Waals surface area contributed by atoms with Crippen LogP contribution >= 0.6 is 23.2 Å². The Morgan fingerprint density at radius 1 is 0.810 bits per heavy atom. The van der Waals surface area contributed by atoms with Gasteiger partial charge in [-0.2, -0.15) is 0 Å². The molecule has 0 bridgehead atoms. The minimum absolute atomic E-state index is 0.137. The van der Waals surface area contributed by atoms with Gasteiger partial charge in [-0.15, -0.1) is 23.2 Å². The standard InChI is InChI=1S/C19H14Cl2/c20-18-12-14-7-2-4-10-16(14)19(18,21)17-11-5-8-13-6-1-3-9-15(13)17/h1-11,18H,12H2/t18-,19+/m1/s1. The molecular formula is C19H14Cl2. The molecule has 21 heavy (non-hydrogen) atoms. The summed E-state index contributed by atoms with van der Waals surface area (Å²) in [5.41, 5.74) is 3.50. The summed E-state index contributed by atoms with van der Waals surface area (Å²) in [5, 5.41) is 2.24. The van der Waals surface area contributed by atoms with Crippen molar-refractivity contribution >= 4 is 34.0 Å². The topological polar surface area (TPSA) is 0 Å². The van der Waals surface area contributed by atoms with Crippen LogP contribution in [0, 0.1) is 0 Å². The van der Waals surface area contributed by atoms with Gasteiger partial charge in [0.1, 0.15) is 4.87 Å². The fraction of sp³-hybridized carbons (Fsp3) is 0.158. The molecule has 0 saturated heterocycles. The van der Waals surface area contributed by atoms with Crippen molar-refractivity contribution in [2.24, 2.45) is 0 Å². The highest BCUT2D eigenvalue weighted by molar-refractivity contribution is 6.35. The SMILES string of the molecule is Cl[C@@H]1Cc2ccccc2[C@]1(Cl)c1cccc2ccccc12. The van der Waals surface area contributed by atoms with Crippen LogP contribution in [0.1, 0.15) is 16.7 Å². The Bertz CT molecular complexity index is 819. The number of hydrogen-bond acceptors (Lipinski definition) is 0. The van der Waals surface area contributed by atoms with Crippen LogP contribution in [0.2, 0.25) is 0 Å². The van der Waals surface area contributed by atoms with E-state index < -0.39 is 4.87 Å². The van der Waals surface area contributed by atoms with Gasteiger partial charge in [-0.1, -0.05) is 66.7 Å². The maximum absolute atomic E-state index is 7.12. The summed E-state index contributed by atoms with van der Waals surface area (Å²) < 4.78 is 0. The largest absolute Gasteiger partial charge is 0.120 e. The second-order valence-corrected chi connectivity index (χ2v) is 6.69. The Hall–Kier alpha value is -1.50. The Labute approximate surface area is 134 Å². The Morgan fingerprint density at radius 2 is 1.48 bits per heavy atom. The van der Waals surface area contributed by atoms with Crippen LogP contribution in [0.3, 0.4) is 0 Å². The zero-order chi connectivity index (χ0) is 14.4. The number of rotatable bonds is 1. The summed E-state index contributed by atoms with van der Waals surface area (Å²) in [6.07, 6.45) is 0.810. The number of fused-ring (bicyclic) bond motifs is 2. The molecule has 0 spiro atoms. The van der Waals surface area contributed by atoms with Crippen molar-refractivity contribution in [2.45, 2.75) is 16.7 Å². The Morgan fingerprint density at radius 3 is 2.38 bits per heavy atom. The first-order valence-electron chi connectivity index (χ1n) is 7.11. The Kier molecular flexibility index (Phi) is 2.99. The molecule has 0 heterocycles. The highest BCUT2D eigenvalue weighted by atomic mass is 35.5. The van der Waals surface area contributed by atoms with Gasteiger partial charge in [0, 0.05) is 0 Å². The fourth-order valence-electron chi connectivity index (χ4n) is 3.41. The molecule has 0 N–H and O–H groups in total. The molecule has 0 fully saturated rings. The molecule has 0 radical (unpaired) electrons. The zero-order valence-electron chi connectivity index (χ0n) is 11.4. The van der Waals surface area contributed by atoms with Crippen LogP contribution in [-0.4, -0.2) is 5.38 Å². The minimum Gasteiger partial charge on any atom is -0.120 e. The number of halogens is 2. The monoisotopic (exact) mass is 312 g/mol. The van der Waals surface area contributed by atoms with E-state index in [1.807, 2.05) is 18.2 Å².